The number of hydrogen-bond acceptors (Lipinski definition) is 5. The maximum Gasteiger partial charge on any atom is 0.274 e. The van der Waals surface area contributed by atoms with Gasteiger partial charge in [0, 0.05) is 32.5 Å². The number of pyridine rings is 1. The summed E-state index contributed by atoms with van der Waals surface area (Å²) < 4.78 is 7.74. The molecule has 1 amide bonds. The number of amides is 1. The molecule has 0 aromatic carbocycles. The Kier molecular flexibility index (Phi) is 4.97. The van der Waals surface area contributed by atoms with Gasteiger partial charge >= 0.3 is 0 Å². The van der Waals surface area contributed by atoms with E-state index in [-0.39, 0.29) is 11.4 Å². The summed E-state index contributed by atoms with van der Waals surface area (Å²) in [4.78, 5) is 25.4. The van der Waals surface area contributed by atoms with Gasteiger partial charge < -0.3 is 14.2 Å². The lowest BCUT2D eigenvalue weighted by molar-refractivity contribution is -0.0770. The molecule has 0 saturated carbocycles. The molecule has 144 valence electrons. The van der Waals surface area contributed by atoms with Crippen LogP contribution in [0.5, 0.6) is 0 Å². The van der Waals surface area contributed by atoms with E-state index in [2.05, 4.69) is 21.9 Å². The molecule has 0 aliphatic carbocycles. The van der Waals surface area contributed by atoms with E-state index in [1.54, 1.807) is 18.7 Å². The predicted molar refractivity (Wildman–Crippen MR) is 101 cm³/mol. The number of carbonyl (C=O) groups excluding carboxylic acids is 1. The second kappa shape index (κ2) is 7.40. The van der Waals surface area contributed by atoms with Crippen molar-refractivity contribution in [1.29, 1.82) is 0 Å². The van der Waals surface area contributed by atoms with Crippen LogP contribution in [0.4, 0.5) is 0 Å². The van der Waals surface area contributed by atoms with Gasteiger partial charge in [-0.3, -0.25) is 14.7 Å². The highest BCUT2D eigenvalue weighted by molar-refractivity contribution is 5.92. The maximum atomic E-state index is 12.6. The number of imidazole rings is 1. The van der Waals surface area contributed by atoms with Crippen molar-refractivity contribution >= 4 is 5.91 Å². The SMILES string of the molecule is CN1CC[C@@H](COCc2ccccn2)CC12CN(C(=O)c1cn(C)cn1)C2. The first kappa shape index (κ1) is 18.1. The fraction of sp³-hybridized carbons (Fsp3) is 0.550. The Morgan fingerprint density at radius 3 is 2.85 bits per heavy atom. The molecule has 27 heavy (non-hydrogen) atoms. The molecule has 1 spiro atoms. The minimum Gasteiger partial charge on any atom is -0.375 e. The van der Waals surface area contributed by atoms with E-state index < -0.39 is 0 Å². The number of carbonyl (C=O) groups is 1. The molecule has 4 rings (SSSR count). The molecule has 2 saturated heterocycles. The molecule has 7 nitrogen and oxygen atoms in total. The Labute approximate surface area is 160 Å². The summed E-state index contributed by atoms with van der Waals surface area (Å²) in [6.07, 6.45) is 7.45. The van der Waals surface area contributed by atoms with Gasteiger partial charge in [-0.25, -0.2) is 4.98 Å². The first-order valence-corrected chi connectivity index (χ1v) is 9.52. The molecule has 2 aliphatic rings. The van der Waals surface area contributed by atoms with Gasteiger partial charge in [-0.1, -0.05) is 6.07 Å². The topological polar surface area (TPSA) is 63.5 Å². The third-order valence-electron chi connectivity index (χ3n) is 5.86. The van der Waals surface area contributed by atoms with Crippen LogP contribution in [0.15, 0.2) is 36.9 Å². The smallest absolute Gasteiger partial charge is 0.274 e. The van der Waals surface area contributed by atoms with Gasteiger partial charge in [0.2, 0.25) is 0 Å². The van der Waals surface area contributed by atoms with E-state index in [1.165, 1.54) is 0 Å². The highest BCUT2D eigenvalue weighted by atomic mass is 16.5. The number of piperidine rings is 1. The summed E-state index contributed by atoms with van der Waals surface area (Å²) in [6.45, 7) is 3.90. The molecule has 2 fully saturated rings. The summed E-state index contributed by atoms with van der Waals surface area (Å²) >= 11 is 0. The van der Waals surface area contributed by atoms with Crippen LogP contribution in [-0.2, 0) is 18.4 Å². The predicted octanol–water partition coefficient (Wildman–Crippen LogP) is 1.57. The van der Waals surface area contributed by atoms with Gasteiger partial charge in [0.1, 0.15) is 5.69 Å². The zero-order valence-corrected chi connectivity index (χ0v) is 16.0. The van der Waals surface area contributed by atoms with Crippen LogP contribution in [0.2, 0.25) is 0 Å². The van der Waals surface area contributed by atoms with Crippen molar-refractivity contribution in [3.8, 4) is 0 Å². The molecule has 0 unspecified atom stereocenters. The summed E-state index contributed by atoms with van der Waals surface area (Å²) in [6, 6.07) is 5.89. The van der Waals surface area contributed by atoms with E-state index in [4.69, 9.17) is 4.74 Å². The largest absolute Gasteiger partial charge is 0.375 e. The van der Waals surface area contributed by atoms with Crippen molar-refractivity contribution in [3.05, 3.63) is 48.3 Å². The number of likely N-dealkylation sites (N-methyl/N-ethyl adjacent to an activating group) is 1. The highest BCUT2D eigenvalue weighted by Crippen LogP contribution is 2.38. The van der Waals surface area contributed by atoms with Gasteiger partial charge in [0.25, 0.3) is 5.91 Å². The Balaban J connectivity index is 1.30. The summed E-state index contributed by atoms with van der Waals surface area (Å²) in [5.74, 6) is 0.556. The molecule has 1 atom stereocenters. The Bertz CT molecular complexity index is 785. The molecule has 2 aromatic rings. The van der Waals surface area contributed by atoms with Crippen molar-refractivity contribution in [3.63, 3.8) is 0 Å². The molecule has 0 N–H and O–H groups in total. The fourth-order valence-electron chi connectivity index (χ4n) is 4.23. The lowest BCUT2D eigenvalue weighted by atomic mass is 9.75. The van der Waals surface area contributed by atoms with Crippen molar-refractivity contribution < 1.29 is 9.53 Å². The fourth-order valence-corrected chi connectivity index (χ4v) is 4.23. The Morgan fingerprint density at radius 1 is 1.30 bits per heavy atom. The lowest BCUT2D eigenvalue weighted by Gasteiger charge is -2.58. The summed E-state index contributed by atoms with van der Waals surface area (Å²) in [5.41, 5.74) is 1.58. The van der Waals surface area contributed by atoms with Crippen LogP contribution in [0.25, 0.3) is 0 Å². The van der Waals surface area contributed by atoms with Gasteiger partial charge in [0.05, 0.1) is 30.8 Å². The molecule has 2 aromatic heterocycles. The number of nitrogens with zero attached hydrogens (tertiary/aromatic N) is 5. The van der Waals surface area contributed by atoms with Crippen LogP contribution >= 0.6 is 0 Å². The van der Waals surface area contributed by atoms with Gasteiger partial charge in [-0.15, -0.1) is 0 Å². The number of likely N-dealkylation sites (tertiary alicyclic amines) is 2. The average molecular weight is 369 g/mol. The molecular weight excluding hydrogens is 342 g/mol. The molecule has 2 aliphatic heterocycles. The summed E-state index contributed by atoms with van der Waals surface area (Å²) in [7, 11) is 4.05. The normalized spacial score (nSPS) is 22.0. The number of aryl methyl sites for hydroxylation is 1. The first-order valence-electron chi connectivity index (χ1n) is 9.52. The molecule has 4 heterocycles. The van der Waals surface area contributed by atoms with E-state index in [9.17, 15) is 4.79 Å². The van der Waals surface area contributed by atoms with Crippen LogP contribution in [0, 0.1) is 5.92 Å². The number of rotatable bonds is 5. The highest BCUT2D eigenvalue weighted by Gasteiger charge is 2.51. The number of hydrogen-bond donors (Lipinski definition) is 0. The minimum absolute atomic E-state index is 0.0307. The minimum atomic E-state index is 0.0307. The zero-order chi connectivity index (χ0) is 18.9. The van der Waals surface area contributed by atoms with E-state index in [0.29, 0.717) is 18.2 Å². The number of ether oxygens (including phenoxy) is 1. The Morgan fingerprint density at radius 2 is 2.15 bits per heavy atom. The van der Waals surface area contributed by atoms with E-state index >= 15 is 0 Å². The van der Waals surface area contributed by atoms with Crippen molar-refractivity contribution in [2.45, 2.75) is 25.0 Å². The molecular formula is C20H27N5O2. The standard InChI is InChI=1S/C20H27N5O2/c1-23-10-18(22-15-23)19(26)25-13-20(14-25)9-16(6-8-24(20)2)11-27-12-17-5-3-4-7-21-17/h3-5,7,10,15-16H,6,8-9,11-14H2,1-2H3/t16-/m1/s1. The Hall–Kier alpha value is -2.25. The monoisotopic (exact) mass is 369 g/mol. The molecule has 7 heteroatoms. The number of aromatic nitrogens is 3. The quantitative estimate of drug-likeness (QED) is 0.801. The van der Waals surface area contributed by atoms with Gasteiger partial charge in [-0.2, -0.15) is 0 Å². The van der Waals surface area contributed by atoms with E-state index in [0.717, 1.165) is 44.8 Å². The van der Waals surface area contributed by atoms with Crippen molar-refractivity contribution in [2.24, 2.45) is 13.0 Å². The van der Waals surface area contributed by atoms with Gasteiger partial charge in [0.15, 0.2) is 0 Å². The maximum absolute atomic E-state index is 12.6. The second-order valence-corrected chi connectivity index (χ2v) is 7.93. The van der Waals surface area contributed by atoms with Gasteiger partial charge in [-0.05, 0) is 44.5 Å². The molecule has 0 bridgehead atoms. The first-order chi connectivity index (χ1) is 13.1. The summed E-state index contributed by atoms with van der Waals surface area (Å²) in [5, 5.41) is 0. The van der Waals surface area contributed by atoms with Crippen LogP contribution in [-0.4, -0.2) is 69.1 Å². The third kappa shape index (κ3) is 3.75. The van der Waals surface area contributed by atoms with Crippen molar-refractivity contribution in [2.75, 3.05) is 33.3 Å². The lowest BCUT2D eigenvalue weighted by Crippen LogP contribution is -2.72. The van der Waals surface area contributed by atoms with Crippen LogP contribution < -0.4 is 0 Å². The molecule has 0 radical (unpaired) electrons. The van der Waals surface area contributed by atoms with Crippen LogP contribution in [0.3, 0.4) is 0 Å². The third-order valence-corrected chi connectivity index (χ3v) is 5.86. The van der Waals surface area contributed by atoms with E-state index in [1.807, 2.05) is 34.7 Å². The van der Waals surface area contributed by atoms with Crippen molar-refractivity contribution in [1.82, 2.24) is 24.3 Å². The zero-order valence-electron chi connectivity index (χ0n) is 16.0. The average Bonchev–Trinajstić information content (AvgIpc) is 3.08. The second-order valence-electron chi connectivity index (χ2n) is 7.93. The van der Waals surface area contributed by atoms with Crippen LogP contribution in [0.1, 0.15) is 29.0 Å².